The van der Waals surface area contributed by atoms with Crippen LogP contribution in [0.15, 0.2) is 106 Å². The van der Waals surface area contributed by atoms with E-state index in [4.69, 9.17) is 20.8 Å². The Bertz CT molecular complexity index is 1610. The number of benzene rings is 4. The molecule has 1 saturated heterocycles. The van der Waals surface area contributed by atoms with Gasteiger partial charge >= 0.3 is 5.63 Å². The standard InChI is InChI=1S/C29H20ClNO4/c30-27-28(31(29(27)33)21-7-2-1-3-8-21)19-10-13-22(14-11-19)34-17-20-16-25(32)35-24-15-12-18-6-4-5-9-23(18)26(20)24/h1-16,27-28H,17H2. The molecule has 1 aliphatic rings. The van der Waals surface area contributed by atoms with Crippen LogP contribution in [0.4, 0.5) is 5.69 Å². The van der Waals surface area contributed by atoms with Crippen LogP contribution < -0.4 is 15.3 Å². The van der Waals surface area contributed by atoms with Crippen molar-refractivity contribution in [2.75, 3.05) is 4.90 Å². The van der Waals surface area contributed by atoms with E-state index >= 15 is 0 Å². The molecule has 5 aromatic rings. The number of rotatable bonds is 5. The zero-order valence-electron chi connectivity index (χ0n) is 18.6. The van der Waals surface area contributed by atoms with Crippen LogP contribution in [0.25, 0.3) is 21.7 Å². The van der Waals surface area contributed by atoms with Gasteiger partial charge in [0.2, 0.25) is 5.91 Å². The number of alkyl halides is 1. The lowest BCUT2D eigenvalue weighted by Crippen LogP contribution is -2.56. The topological polar surface area (TPSA) is 59.8 Å². The van der Waals surface area contributed by atoms with Gasteiger partial charge in [0.05, 0.1) is 6.04 Å². The summed E-state index contributed by atoms with van der Waals surface area (Å²) in [6.45, 7) is 0.214. The highest BCUT2D eigenvalue weighted by atomic mass is 35.5. The van der Waals surface area contributed by atoms with Gasteiger partial charge < -0.3 is 14.1 Å². The first-order valence-electron chi connectivity index (χ1n) is 11.3. The lowest BCUT2D eigenvalue weighted by Gasteiger charge is -2.44. The third-order valence-corrected chi connectivity index (χ3v) is 6.82. The van der Waals surface area contributed by atoms with Gasteiger partial charge in [-0.05, 0) is 46.7 Å². The van der Waals surface area contributed by atoms with Crippen LogP contribution in [-0.4, -0.2) is 11.3 Å². The normalized spacial score (nSPS) is 17.5. The van der Waals surface area contributed by atoms with E-state index in [2.05, 4.69) is 0 Å². The summed E-state index contributed by atoms with van der Waals surface area (Å²) in [5.74, 6) is 0.545. The summed E-state index contributed by atoms with van der Waals surface area (Å²) in [4.78, 5) is 26.3. The Morgan fingerprint density at radius 3 is 2.40 bits per heavy atom. The van der Waals surface area contributed by atoms with Crippen LogP contribution in [0, 0.1) is 0 Å². The average molecular weight is 482 g/mol. The molecular formula is C29H20ClNO4. The van der Waals surface area contributed by atoms with E-state index in [-0.39, 0.29) is 18.6 Å². The van der Waals surface area contributed by atoms with Crippen molar-refractivity contribution < 1.29 is 13.9 Å². The van der Waals surface area contributed by atoms with Crippen LogP contribution >= 0.6 is 11.6 Å². The molecule has 5 nitrogen and oxygen atoms in total. The largest absolute Gasteiger partial charge is 0.489 e. The second-order valence-corrected chi connectivity index (χ2v) is 8.97. The van der Waals surface area contributed by atoms with Crippen molar-refractivity contribution in [3.05, 3.63) is 119 Å². The van der Waals surface area contributed by atoms with Crippen molar-refractivity contribution in [2.24, 2.45) is 0 Å². The number of para-hydroxylation sites is 1. The molecule has 6 rings (SSSR count). The fourth-order valence-corrected chi connectivity index (χ4v) is 5.07. The number of ether oxygens (including phenoxy) is 1. The molecule has 1 aromatic heterocycles. The van der Waals surface area contributed by atoms with Gasteiger partial charge in [0.15, 0.2) is 0 Å². The summed E-state index contributed by atoms with van der Waals surface area (Å²) >= 11 is 6.38. The van der Waals surface area contributed by atoms with Gasteiger partial charge in [-0.25, -0.2) is 4.79 Å². The second-order valence-electron chi connectivity index (χ2n) is 8.50. The quantitative estimate of drug-likeness (QED) is 0.129. The minimum Gasteiger partial charge on any atom is -0.489 e. The summed E-state index contributed by atoms with van der Waals surface area (Å²) in [6, 6.07) is 30.0. The van der Waals surface area contributed by atoms with E-state index in [1.54, 1.807) is 4.90 Å². The predicted molar refractivity (Wildman–Crippen MR) is 137 cm³/mol. The number of nitrogens with zero attached hydrogens (tertiary/aromatic N) is 1. The van der Waals surface area contributed by atoms with Gasteiger partial charge in [-0.3, -0.25) is 4.79 Å². The lowest BCUT2D eigenvalue weighted by atomic mass is 9.92. The molecule has 0 aliphatic carbocycles. The molecule has 0 N–H and O–H groups in total. The van der Waals surface area contributed by atoms with E-state index in [0.717, 1.165) is 33.0 Å². The number of β-lactam (4-membered cyclic amide) rings is 1. The molecule has 6 heteroatoms. The van der Waals surface area contributed by atoms with Gasteiger partial charge in [-0.1, -0.05) is 60.7 Å². The van der Waals surface area contributed by atoms with Gasteiger partial charge in [0.25, 0.3) is 0 Å². The average Bonchev–Trinajstić information content (AvgIpc) is 2.90. The van der Waals surface area contributed by atoms with Crippen molar-refractivity contribution in [3.8, 4) is 5.75 Å². The third kappa shape index (κ3) is 3.74. The Labute approximate surface area is 206 Å². The molecule has 0 saturated carbocycles. The minimum atomic E-state index is -0.606. The molecule has 35 heavy (non-hydrogen) atoms. The Kier molecular flexibility index (Phi) is 5.27. The molecule has 0 radical (unpaired) electrons. The number of halogens is 1. The first-order chi connectivity index (χ1) is 17.1. The van der Waals surface area contributed by atoms with E-state index in [1.807, 2.05) is 91.0 Å². The summed E-state index contributed by atoms with van der Waals surface area (Å²) in [7, 11) is 0. The first-order valence-corrected chi connectivity index (χ1v) is 11.7. The van der Waals surface area contributed by atoms with Gasteiger partial charge in [0.1, 0.15) is 23.3 Å². The number of anilines is 1. The number of hydrogen-bond donors (Lipinski definition) is 0. The highest BCUT2D eigenvalue weighted by Crippen LogP contribution is 2.42. The number of hydrogen-bond acceptors (Lipinski definition) is 4. The monoisotopic (exact) mass is 481 g/mol. The van der Waals surface area contributed by atoms with E-state index < -0.39 is 11.0 Å². The van der Waals surface area contributed by atoms with Crippen molar-refractivity contribution in [2.45, 2.75) is 18.0 Å². The molecule has 172 valence electrons. The Balaban J connectivity index is 1.26. The smallest absolute Gasteiger partial charge is 0.336 e. The number of carbonyl (C=O) groups excluding carboxylic acids is 1. The Morgan fingerprint density at radius 1 is 0.857 bits per heavy atom. The van der Waals surface area contributed by atoms with Crippen molar-refractivity contribution in [3.63, 3.8) is 0 Å². The third-order valence-electron chi connectivity index (χ3n) is 6.39. The molecule has 1 fully saturated rings. The summed E-state index contributed by atoms with van der Waals surface area (Å²) in [6.07, 6.45) is 0. The van der Waals surface area contributed by atoms with Gasteiger partial charge in [0, 0.05) is 22.7 Å². The maximum absolute atomic E-state index is 12.4. The number of fused-ring (bicyclic) bond motifs is 3. The molecule has 4 aromatic carbocycles. The van der Waals surface area contributed by atoms with Crippen molar-refractivity contribution in [1.29, 1.82) is 0 Å². The molecule has 1 aliphatic heterocycles. The molecule has 2 unspecified atom stereocenters. The molecule has 0 spiro atoms. The maximum atomic E-state index is 12.4. The van der Waals surface area contributed by atoms with Crippen LogP contribution in [0.3, 0.4) is 0 Å². The molecule has 2 atom stereocenters. The lowest BCUT2D eigenvalue weighted by molar-refractivity contribution is -0.123. The maximum Gasteiger partial charge on any atom is 0.336 e. The minimum absolute atomic E-state index is 0.106. The van der Waals surface area contributed by atoms with Gasteiger partial charge in [-0.15, -0.1) is 11.6 Å². The van der Waals surface area contributed by atoms with Crippen LogP contribution in [0.5, 0.6) is 5.75 Å². The molecule has 2 heterocycles. The summed E-state index contributed by atoms with van der Waals surface area (Å²) in [5.41, 5.74) is 2.64. The fourth-order valence-electron chi connectivity index (χ4n) is 4.70. The highest BCUT2D eigenvalue weighted by molar-refractivity contribution is 6.37. The van der Waals surface area contributed by atoms with Crippen molar-refractivity contribution >= 4 is 44.9 Å². The highest BCUT2D eigenvalue weighted by Gasteiger charge is 2.47. The number of carbonyl (C=O) groups is 1. The van der Waals surface area contributed by atoms with Crippen LogP contribution in [0.1, 0.15) is 17.2 Å². The van der Waals surface area contributed by atoms with Crippen LogP contribution in [0.2, 0.25) is 0 Å². The van der Waals surface area contributed by atoms with Crippen molar-refractivity contribution in [1.82, 2.24) is 0 Å². The van der Waals surface area contributed by atoms with E-state index in [1.165, 1.54) is 6.07 Å². The fraction of sp³-hybridized carbons (Fsp3) is 0.103. The summed E-state index contributed by atoms with van der Waals surface area (Å²) in [5, 5.41) is 2.33. The van der Waals surface area contributed by atoms with E-state index in [0.29, 0.717) is 11.3 Å². The zero-order valence-corrected chi connectivity index (χ0v) is 19.3. The second kappa shape index (κ2) is 8.60. The Hall–Kier alpha value is -4.09. The Morgan fingerprint density at radius 2 is 1.60 bits per heavy atom. The molecular weight excluding hydrogens is 462 g/mol. The molecule has 0 bridgehead atoms. The molecule has 1 amide bonds. The van der Waals surface area contributed by atoms with E-state index in [9.17, 15) is 9.59 Å². The predicted octanol–water partition coefficient (Wildman–Crippen LogP) is 6.22. The number of amides is 1. The summed E-state index contributed by atoms with van der Waals surface area (Å²) < 4.78 is 11.5. The van der Waals surface area contributed by atoms with Crippen LogP contribution in [-0.2, 0) is 11.4 Å². The SMILES string of the molecule is O=C1C(Cl)C(c2ccc(OCc3cc(=O)oc4ccc5ccccc5c34)cc2)N1c1ccccc1. The van der Waals surface area contributed by atoms with Gasteiger partial charge in [-0.2, -0.15) is 0 Å². The zero-order chi connectivity index (χ0) is 23.9. The first kappa shape index (κ1) is 21.4.